The highest BCUT2D eigenvalue weighted by molar-refractivity contribution is 7.89. The summed E-state index contributed by atoms with van der Waals surface area (Å²) in [4.78, 5) is 24.3. The first-order chi connectivity index (χ1) is 12.4. The number of piperazine rings is 1. The summed E-state index contributed by atoms with van der Waals surface area (Å²) in [7, 11) is -3.89. The molecule has 150 valence electrons. The molecule has 0 radical (unpaired) electrons. The Hall–Kier alpha value is -2.04. The molecule has 1 aromatic carbocycles. The van der Waals surface area contributed by atoms with Crippen molar-refractivity contribution in [2.45, 2.75) is 38.6 Å². The van der Waals surface area contributed by atoms with Crippen LogP contribution in [0.1, 0.15) is 26.3 Å². The summed E-state index contributed by atoms with van der Waals surface area (Å²) in [6, 6.07) is 3.11. The van der Waals surface area contributed by atoms with E-state index in [1.165, 1.54) is 16.4 Å². The smallest absolute Gasteiger partial charge is 0.270 e. The van der Waals surface area contributed by atoms with Crippen LogP contribution in [0.25, 0.3) is 0 Å². The molecule has 1 amide bonds. The van der Waals surface area contributed by atoms with Crippen molar-refractivity contribution in [3.63, 3.8) is 0 Å². The number of non-ortho nitro benzene ring substituents is 1. The Kier molecular flexibility index (Phi) is 5.93. The zero-order valence-corrected chi connectivity index (χ0v) is 16.8. The lowest BCUT2D eigenvalue weighted by Crippen LogP contribution is -2.56. The highest BCUT2D eigenvalue weighted by Crippen LogP contribution is 2.26. The maximum atomic E-state index is 12.9. The van der Waals surface area contributed by atoms with Gasteiger partial charge in [-0.1, -0.05) is 26.8 Å². The second kappa shape index (κ2) is 7.53. The molecule has 1 heterocycles. The fourth-order valence-corrected chi connectivity index (χ4v) is 4.50. The molecule has 2 N–H and O–H groups in total. The van der Waals surface area contributed by atoms with Crippen LogP contribution in [0.3, 0.4) is 0 Å². The third kappa shape index (κ3) is 4.45. The number of nitro groups is 1. The number of hydrogen-bond acceptors (Lipinski definition) is 6. The Morgan fingerprint density at radius 1 is 1.22 bits per heavy atom. The second-order valence-corrected chi connectivity index (χ2v) is 9.69. The van der Waals surface area contributed by atoms with Gasteiger partial charge in [-0.15, -0.1) is 0 Å². The Morgan fingerprint density at radius 3 is 2.26 bits per heavy atom. The molecule has 1 fully saturated rings. The largest absolute Gasteiger partial charge is 0.339 e. The number of benzene rings is 1. The monoisotopic (exact) mass is 398 g/mol. The van der Waals surface area contributed by atoms with Crippen LogP contribution in [0.15, 0.2) is 23.1 Å². The van der Waals surface area contributed by atoms with Crippen molar-refractivity contribution in [1.29, 1.82) is 0 Å². The van der Waals surface area contributed by atoms with Gasteiger partial charge in [0.1, 0.15) is 0 Å². The summed E-state index contributed by atoms with van der Waals surface area (Å²) < 4.78 is 27.1. The zero-order valence-electron chi connectivity index (χ0n) is 16.0. The number of sulfonamides is 1. The molecule has 1 aromatic rings. The molecule has 1 aliphatic rings. The average molecular weight is 398 g/mol. The van der Waals surface area contributed by atoms with Crippen molar-refractivity contribution in [3.05, 3.63) is 33.9 Å². The molecule has 0 aromatic heterocycles. The topological polar surface area (TPSA) is 127 Å². The molecule has 1 atom stereocenters. The van der Waals surface area contributed by atoms with E-state index < -0.39 is 21.0 Å². The zero-order chi connectivity index (χ0) is 20.6. The average Bonchev–Trinajstić information content (AvgIpc) is 2.59. The van der Waals surface area contributed by atoms with Crippen LogP contribution in [0.5, 0.6) is 0 Å². The third-order valence-corrected chi connectivity index (χ3v) is 6.79. The van der Waals surface area contributed by atoms with Crippen LogP contribution in [0.4, 0.5) is 5.69 Å². The van der Waals surface area contributed by atoms with Crippen molar-refractivity contribution in [2.75, 3.05) is 26.2 Å². The first-order valence-electron chi connectivity index (χ1n) is 8.65. The molecule has 0 saturated carbocycles. The summed E-state index contributed by atoms with van der Waals surface area (Å²) in [5.41, 5.74) is 5.79. The number of carbonyl (C=O) groups excluding carboxylic acids is 1. The molecule has 27 heavy (non-hydrogen) atoms. The van der Waals surface area contributed by atoms with Gasteiger partial charge in [-0.3, -0.25) is 14.9 Å². The predicted octanol–water partition coefficient (Wildman–Crippen LogP) is 1.11. The van der Waals surface area contributed by atoms with Crippen molar-refractivity contribution < 1.29 is 18.1 Å². The Balaban J connectivity index is 2.17. The first-order valence-corrected chi connectivity index (χ1v) is 10.1. The second-order valence-electron chi connectivity index (χ2n) is 7.78. The summed E-state index contributed by atoms with van der Waals surface area (Å²) in [6.07, 6.45) is 0. The molecule has 9 nitrogen and oxygen atoms in total. The van der Waals surface area contributed by atoms with Gasteiger partial charge in [0, 0.05) is 38.3 Å². The van der Waals surface area contributed by atoms with E-state index in [2.05, 4.69) is 0 Å². The van der Waals surface area contributed by atoms with Gasteiger partial charge in [0.25, 0.3) is 5.69 Å². The van der Waals surface area contributed by atoms with Gasteiger partial charge in [0.05, 0.1) is 15.9 Å². The van der Waals surface area contributed by atoms with E-state index in [1.807, 2.05) is 20.8 Å². The third-order valence-electron chi connectivity index (χ3n) is 4.75. The van der Waals surface area contributed by atoms with Crippen LogP contribution in [0.2, 0.25) is 0 Å². The van der Waals surface area contributed by atoms with Gasteiger partial charge in [-0.2, -0.15) is 4.31 Å². The molecule has 0 aliphatic carbocycles. The summed E-state index contributed by atoms with van der Waals surface area (Å²) in [5.74, 6) is -0.203. The van der Waals surface area contributed by atoms with Gasteiger partial charge in [0.15, 0.2) is 0 Å². The van der Waals surface area contributed by atoms with Gasteiger partial charge in [0.2, 0.25) is 15.9 Å². The minimum atomic E-state index is -3.89. The van der Waals surface area contributed by atoms with Crippen molar-refractivity contribution in [2.24, 2.45) is 11.1 Å². The van der Waals surface area contributed by atoms with Crippen LogP contribution >= 0.6 is 0 Å². The number of rotatable bonds is 4. The SMILES string of the molecule is Cc1ccc([N+](=O)[O-])cc1S(=O)(=O)N1CCN(C(=O)[C@@H](N)C(C)(C)C)CC1. The lowest BCUT2D eigenvalue weighted by Gasteiger charge is -2.37. The van der Waals surface area contributed by atoms with Gasteiger partial charge >= 0.3 is 0 Å². The number of nitrogens with zero attached hydrogens (tertiary/aromatic N) is 3. The Labute approximate surface area is 159 Å². The summed E-state index contributed by atoms with van der Waals surface area (Å²) in [6.45, 7) is 7.93. The van der Waals surface area contributed by atoms with Gasteiger partial charge in [-0.25, -0.2) is 8.42 Å². The van der Waals surface area contributed by atoms with Crippen molar-refractivity contribution in [3.8, 4) is 0 Å². The maximum Gasteiger partial charge on any atom is 0.270 e. The quantitative estimate of drug-likeness (QED) is 0.598. The molecule has 10 heteroatoms. The van der Waals surface area contributed by atoms with Crippen LogP contribution < -0.4 is 5.73 Å². The molecular weight excluding hydrogens is 372 g/mol. The Bertz CT molecular complexity index is 839. The number of aryl methyl sites for hydroxylation is 1. The van der Waals surface area contributed by atoms with E-state index >= 15 is 0 Å². The number of nitro benzene ring substituents is 1. The first kappa shape index (κ1) is 21.3. The molecule has 0 spiro atoms. The maximum absolute atomic E-state index is 12.9. The van der Waals surface area contributed by atoms with E-state index in [0.717, 1.165) is 6.07 Å². The fraction of sp³-hybridized carbons (Fsp3) is 0.588. The Morgan fingerprint density at radius 2 is 1.78 bits per heavy atom. The van der Waals surface area contributed by atoms with E-state index in [4.69, 9.17) is 5.73 Å². The number of carbonyl (C=O) groups is 1. The molecule has 2 rings (SSSR count). The molecule has 0 bridgehead atoms. The predicted molar refractivity (Wildman–Crippen MR) is 101 cm³/mol. The van der Waals surface area contributed by atoms with Crippen molar-refractivity contribution in [1.82, 2.24) is 9.21 Å². The standard InChI is InChI=1S/C17H26N4O5S/c1-12-5-6-13(21(23)24)11-14(12)27(25,26)20-9-7-19(8-10-20)16(22)15(18)17(2,3)4/h5-6,11,15H,7-10,18H2,1-4H3/t15-/m1/s1. The highest BCUT2D eigenvalue weighted by atomic mass is 32.2. The van der Waals surface area contributed by atoms with E-state index in [9.17, 15) is 23.3 Å². The number of amides is 1. The number of hydrogen-bond donors (Lipinski definition) is 1. The lowest BCUT2D eigenvalue weighted by molar-refractivity contribution is -0.385. The summed E-state index contributed by atoms with van der Waals surface area (Å²) in [5, 5.41) is 11.0. The normalized spacial score (nSPS) is 17.6. The van der Waals surface area contributed by atoms with E-state index in [1.54, 1.807) is 11.8 Å². The van der Waals surface area contributed by atoms with Crippen LogP contribution in [0, 0.1) is 22.5 Å². The van der Waals surface area contributed by atoms with Gasteiger partial charge < -0.3 is 10.6 Å². The molecule has 1 saturated heterocycles. The highest BCUT2D eigenvalue weighted by Gasteiger charge is 2.36. The van der Waals surface area contributed by atoms with E-state index in [0.29, 0.717) is 5.56 Å². The van der Waals surface area contributed by atoms with Crippen molar-refractivity contribution >= 4 is 21.6 Å². The number of nitrogens with two attached hydrogens (primary N) is 1. The van der Waals surface area contributed by atoms with Crippen LogP contribution in [-0.4, -0.2) is 60.7 Å². The molecule has 1 aliphatic heterocycles. The summed E-state index contributed by atoms with van der Waals surface area (Å²) >= 11 is 0. The van der Waals surface area contributed by atoms with Crippen LogP contribution in [-0.2, 0) is 14.8 Å². The minimum Gasteiger partial charge on any atom is -0.339 e. The minimum absolute atomic E-state index is 0.0807. The fourth-order valence-electron chi connectivity index (χ4n) is 2.84. The van der Waals surface area contributed by atoms with Gasteiger partial charge in [-0.05, 0) is 17.9 Å². The molecule has 0 unspecified atom stereocenters. The van der Waals surface area contributed by atoms with E-state index in [-0.39, 0.29) is 48.1 Å². The lowest BCUT2D eigenvalue weighted by atomic mass is 9.86. The molecular formula is C17H26N4O5S.